The fourth-order valence-electron chi connectivity index (χ4n) is 1.87. The molecule has 0 unspecified atom stereocenters. The Labute approximate surface area is 105 Å². The van der Waals surface area contributed by atoms with Gasteiger partial charge in [0.05, 0.1) is 17.9 Å². The largest absolute Gasteiger partial charge is 0.491 e. The molecule has 0 atom stereocenters. The summed E-state index contributed by atoms with van der Waals surface area (Å²) < 4.78 is 11.2. The molecule has 1 saturated carbocycles. The Kier molecular flexibility index (Phi) is 2.66. The Hall–Kier alpha value is -2.04. The lowest BCUT2D eigenvalue weighted by molar-refractivity contribution is 0.342. The zero-order valence-electron chi connectivity index (χ0n) is 10.2. The number of benzene rings is 1. The molecule has 3 rings (SSSR count). The van der Waals surface area contributed by atoms with Crippen molar-refractivity contribution in [1.82, 2.24) is 10.2 Å². The quantitative estimate of drug-likeness (QED) is 0.838. The van der Waals surface area contributed by atoms with Crippen LogP contribution in [0.4, 0.5) is 5.69 Å². The molecule has 0 radical (unpaired) electrons. The van der Waals surface area contributed by atoms with E-state index in [0.29, 0.717) is 29.9 Å². The molecule has 0 spiro atoms. The standard InChI is InChI=1S/C13H15N3O2/c1-2-17-11-9(4-3-5-10(11)14)13-16-15-12(18-13)8-6-7-8/h3-5,8H,2,6-7,14H2,1H3. The summed E-state index contributed by atoms with van der Waals surface area (Å²) in [6.45, 7) is 2.46. The fourth-order valence-corrected chi connectivity index (χ4v) is 1.87. The van der Waals surface area contributed by atoms with Gasteiger partial charge in [0, 0.05) is 5.92 Å². The monoisotopic (exact) mass is 245 g/mol. The molecule has 0 bridgehead atoms. The lowest BCUT2D eigenvalue weighted by atomic mass is 10.1. The van der Waals surface area contributed by atoms with Gasteiger partial charge < -0.3 is 14.9 Å². The van der Waals surface area contributed by atoms with Crippen molar-refractivity contribution in [3.8, 4) is 17.2 Å². The minimum Gasteiger partial charge on any atom is -0.491 e. The van der Waals surface area contributed by atoms with Crippen LogP contribution >= 0.6 is 0 Å². The second-order valence-electron chi connectivity index (χ2n) is 4.38. The van der Waals surface area contributed by atoms with Crippen molar-refractivity contribution in [3.05, 3.63) is 24.1 Å². The predicted molar refractivity (Wildman–Crippen MR) is 67.3 cm³/mol. The number of anilines is 1. The van der Waals surface area contributed by atoms with Crippen molar-refractivity contribution in [3.63, 3.8) is 0 Å². The molecule has 2 aromatic rings. The molecule has 5 heteroatoms. The molecular formula is C13H15N3O2. The van der Waals surface area contributed by atoms with E-state index >= 15 is 0 Å². The van der Waals surface area contributed by atoms with Crippen LogP contribution < -0.4 is 10.5 Å². The van der Waals surface area contributed by atoms with Crippen molar-refractivity contribution in [2.45, 2.75) is 25.7 Å². The third-order valence-electron chi connectivity index (χ3n) is 2.93. The van der Waals surface area contributed by atoms with Gasteiger partial charge in [0.15, 0.2) is 5.75 Å². The molecule has 1 heterocycles. The van der Waals surface area contributed by atoms with Gasteiger partial charge in [0.1, 0.15) is 0 Å². The summed E-state index contributed by atoms with van der Waals surface area (Å²) in [7, 11) is 0. The van der Waals surface area contributed by atoms with Crippen LogP contribution in [-0.2, 0) is 0 Å². The second kappa shape index (κ2) is 4.33. The van der Waals surface area contributed by atoms with Crippen LogP contribution in [0.25, 0.3) is 11.5 Å². The maximum absolute atomic E-state index is 5.91. The van der Waals surface area contributed by atoms with Crippen LogP contribution in [0.3, 0.4) is 0 Å². The summed E-state index contributed by atoms with van der Waals surface area (Å²) in [6, 6.07) is 5.53. The predicted octanol–water partition coefficient (Wildman–Crippen LogP) is 2.59. The summed E-state index contributed by atoms with van der Waals surface area (Å²) in [4.78, 5) is 0. The molecule has 5 nitrogen and oxygen atoms in total. The molecule has 0 amide bonds. The maximum Gasteiger partial charge on any atom is 0.251 e. The van der Waals surface area contributed by atoms with Gasteiger partial charge in [-0.05, 0) is 31.9 Å². The molecule has 1 aliphatic rings. The lowest BCUT2D eigenvalue weighted by Gasteiger charge is -2.09. The number of hydrogen-bond acceptors (Lipinski definition) is 5. The number of nitrogens with zero attached hydrogens (tertiary/aromatic N) is 2. The smallest absolute Gasteiger partial charge is 0.251 e. The van der Waals surface area contributed by atoms with Crippen molar-refractivity contribution in [2.24, 2.45) is 0 Å². The molecule has 0 aliphatic heterocycles. The molecule has 1 fully saturated rings. The average Bonchev–Trinajstić information content (AvgIpc) is 3.11. The van der Waals surface area contributed by atoms with E-state index in [0.717, 1.165) is 24.3 Å². The van der Waals surface area contributed by atoms with E-state index in [1.165, 1.54) is 0 Å². The molecule has 1 aliphatic carbocycles. The molecule has 1 aromatic heterocycles. The van der Waals surface area contributed by atoms with Crippen LogP contribution in [0.1, 0.15) is 31.6 Å². The number of nitrogens with two attached hydrogens (primary N) is 1. The van der Waals surface area contributed by atoms with Gasteiger partial charge >= 0.3 is 0 Å². The first-order valence-electron chi connectivity index (χ1n) is 6.14. The Morgan fingerprint density at radius 2 is 2.22 bits per heavy atom. The lowest BCUT2D eigenvalue weighted by Crippen LogP contribution is -1.99. The molecule has 94 valence electrons. The van der Waals surface area contributed by atoms with Crippen LogP contribution in [0.15, 0.2) is 22.6 Å². The molecule has 0 saturated heterocycles. The molecule has 2 N–H and O–H groups in total. The number of aromatic nitrogens is 2. The van der Waals surface area contributed by atoms with E-state index in [-0.39, 0.29) is 0 Å². The maximum atomic E-state index is 5.91. The van der Waals surface area contributed by atoms with Gasteiger partial charge in [-0.15, -0.1) is 10.2 Å². The molecule has 1 aromatic carbocycles. The highest BCUT2D eigenvalue weighted by atomic mass is 16.5. The first-order chi connectivity index (χ1) is 8.79. The Morgan fingerprint density at radius 1 is 1.39 bits per heavy atom. The number of nitrogen functional groups attached to an aromatic ring is 1. The van der Waals surface area contributed by atoms with Crippen LogP contribution in [0, 0.1) is 0 Å². The summed E-state index contributed by atoms with van der Waals surface area (Å²) in [6.07, 6.45) is 2.27. The van der Waals surface area contributed by atoms with E-state index in [2.05, 4.69) is 10.2 Å². The van der Waals surface area contributed by atoms with Gasteiger partial charge in [-0.2, -0.15) is 0 Å². The SMILES string of the molecule is CCOc1c(N)cccc1-c1nnc(C2CC2)o1. The highest BCUT2D eigenvalue weighted by Gasteiger charge is 2.30. The summed E-state index contributed by atoms with van der Waals surface area (Å²) >= 11 is 0. The molecule has 18 heavy (non-hydrogen) atoms. The first kappa shape index (κ1) is 11.1. The zero-order valence-corrected chi connectivity index (χ0v) is 10.2. The van der Waals surface area contributed by atoms with E-state index in [9.17, 15) is 0 Å². The highest BCUT2D eigenvalue weighted by molar-refractivity contribution is 5.72. The second-order valence-corrected chi connectivity index (χ2v) is 4.38. The van der Waals surface area contributed by atoms with Crippen molar-refractivity contribution < 1.29 is 9.15 Å². The Morgan fingerprint density at radius 3 is 2.94 bits per heavy atom. The summed E-state index contributed by atoms with van der Waals surface area (Å²) in [5.41, 5.74) is 7.25. The number of hydrogen-bond donors (Lipinski definition) is 1. The first-order valence-corrected chi connectivity index (χ1v) is 6.14. The molecular weight excluding hydrogens is 230 g/mol. The van der Waals surface area contributed by atoms with Gasteiger partial charge in [-0.1, -0.05) is 6.07 Å². The Balaban J connectivity index is 2.00. The van der Waals surface area contributed by atoms with Gasteiger partial charge in [0.2, 0.25) is 5.89 Å². The summed E-state index contributed by atoms with van der Waals surface area (Å²) in [5.74, 6) is 2.26. The van der Waals surface area contributed by atoms with Crippen LogP contribution in [-0.4, -0.2) is 16.8 Å². The minimum atomic E-state index is 0.447. The van der Waals surface area contributed by atoms with Crippen LogP contribution in [0.5, 0.6) is 5.75 Å². The normalized spacial score (nSPS) is 14.7. The van der Waals surface area contributed by atoms with E-state index in [1.54, 1.807) is 6.07 Å². The third-order valence-corrected chi connectivity index (χ3v) is 2.93. The van der Waals surface area contributed by atoms with E-state index in [4.69, 9.17) is 14.9 Å². The minimum absolute atomic E-state index is 0.447. The average molecular weight is 245 g/mol. The van der Waals surface area contributed by atoms with Gasteiger partial charge in [-0.25, -0.2) is 0 Å². The van der Waals surface area contributed by atoms with Crippen molar-refractivity contribution in [1.29, 1.82) is 0 Å². The Bertz CT molecular complexity index is 561. The zero-order chi connectivity index (χ0) is 12.5. The van der Waals surface area contributed by atoms with Crippen LogP contribution in [0.2, 0.25) is 0 Å². The van der Waals surface area contributed by atoms with E-state index in [1.807, 2.05) is 19.1 Å². The van der Waals surface area contributed by atoms with Gasteiger partial charge in [-0.3, -0.25) is 0 Å². The number of rotatable bonds is 4. The fraction of sp³-hybridized carbons (Fsp3) is 0.385. The topological polar surface area (TPSA) is 74.2 Å². The number of para-hydroxylation sites is 1. The van der Waals surface area contributed by atoms with E-state index < -0.39 is 0 Å². The van der Waals surface area contributed by atoms with Crippen molar-refractivity contribution in [2.75, 3.05) is 12.3 Å². The highest BCUT2D eigenvalue weighted by Crippen LogP contribution is 2.41. The van der Waals surface area contributed by atoms with Crippen molar-refractivity contribution >= 4 is 5.69 Å². The number of ether oxygens (including phenoxy) is 1. The summed E-state index contributed by atoms with van der Waals surface area (Å²) in [5, 5.41) is 8.15. The van der Waals surface area contributed by atoms with Gasteiger partial charge in [0.25, 0.3) is 5.89 Å². The third kappa shape index (κ3) is 1.92.